The number of rotatable bonds is 7. The maximum Gasteiger partial charge on any atom is 0.234 e. The van der Waals surface area contributed by atoms with E-state index in [1.165, 1.54) is 0 Å². The van der Waals surface area contributed by atoms with Gasteiger partial charge in [-0.3, -0.25) is 9.59 Å². The van der Waals surface area contributed by atoms with Gasteiger partial charge in [-0.15, -0.1) is 0 Å². The van der Waals surface area contributed by atoms with Crippen LogP contribution in [-0.4, -0.2) is 11.8 Å². The average molecular weight is 400 g/mol. The zero-order valence-electron chi connectivity index (χ0n) is 13.6. The van der Waals surface area contributed by atoms with E-state index < -0.39 is 0 Å². The molecule has 0 radical (unpaired) electrons. The number of halogens is 1. The molecule has 2 aromatic carbocycles. The van der Waals surface area contributed by atoms with Gasteiger partial charge in [0, 0.05) is 23.1 Å². The minimum absolute atomic E-state index is 0.0681. The monoisotopic (exact) mass is 399 g/mol. The maximum absolute atomic E-state index is 12.1. The zero-order chi connectivity index (χ0) is 18.1. The number of carbonyl (C=O) groups is 2. The molecule has 0 aliphatic rings. The lowest BCUT2D eigenvalue weighted by Crippen LogP contribution is -2.22. The smallest absolute Gasteiger partial charge is 0.234 e. The van der Waals surface area contributed by atoms with Crippen LogP contribution in [0, 0.1) is 11.3 Å². The van der Waals surface area contributed by atoms with E-state index in [9.17, 15) is 9.59 Å². The van der Waals surface area contributed by atoms with E-state index >= 15 is 0 Å². The molecular weight excluding hydrogens is 382 g/mol. The number of carbonyl (C=O) groups excluding carboxylic acids is 2. The van der Waals surface area contributed by atoms with E-state index in [2.05, 4.69) is 26.6 Å². The van der Waals surface area contributed by atoms with Crippen LogP contribution in [0.1, 0.15) is 24.0 Å². The molecule has 25 heavy (non-hydrogen) atoms. The highest BCUT2D eigenvalue weighted by atomic mass is 79.9. The second-order valence-corrected chi connectivity index (χ2v) is 6.31. The van der Waals surface area contributed by atoms with Crippen LogP contribution < -0.4 is 10.6 Å². The van der Waals surface area contributed by atoms with E-state index in [0.29, 0.717) is 25.1 Å². The molecule has 0 fully saturated rings. The van der Waals surface area contributed by atoms with Crippen molar-refractivity contribution in [2.75, 3.05) is 5.32 Å². The van der Waals surface area contributed by atoms with Gasteiger partial charge < -0.3 is 10.6 Å². The summed E-state index contributed by atoms with van der Waals surface area (Å²) in [6.45, 7) is 0.321. The highest BCUT2D eigenvalue weighted by Gasteiger charge is 2.06. The molecule has 0 saturated carbocycles. The topological polar surface area (TPSA) is 82.0 Å². The van der Waals surface area contributed by atoms with E-state index in [1.54, 1.807) is 12.1 Å². The molecule has 2 N–H and O–H groups in total. The summed E-state index contributed by atoms with van der Waals surface area (Å²) in [5.41, 5.74) is 2.63. The third-order valence-electron chi connectivity index (χ3n) is 3.52. The van der Waals surface area contributed by atoms with Gasteiger partial charge in [0.15, 0.2) is 0 Å². The van der Waals surface area contributed by atoms with Crippen molar-refractivity contribution in [3.05, 3.63) is 64.1 Å². The van der Waals surface area contributed by atoms with Gasteiger partial charge >= 0.3 is 0 Å². The Morgan fingerprint density at radius 3 is 2.64 bits per heavy atom. The number of anilines is 1. The number of nitrogens with one attached hydrogen (secondary N) is 2. The number of amides is 2. The molecule has 0 aliphatic carbocycles. The first kappa shape index (κ1) is 18.7. The molecule has 0 spiro atoms. The summed E-state index contributed by atoms with van der Waals surface area (Å²) in [5, 5.41) is 14.0. The van der Waals surface area contributed by atoms with Crippen LogP contribution in [0.3, 0.4) is 0 Å². The first-order chi connectivity index (χ1) is 12.1. The van der Waals surface area contributed by atoms with E-state index in [-0.39, 0.29) is 18.2 Å². The lowest BCUT2D eigenvalue weighted by molar-refractivity contribution is -0.120. The minimum Gasteiger partial charge on any atom is -0.351 e. The van der Waals surface area contributed by atoms with Crippen LogP contribution in [0.2, 0.25) is 0 Å². The van der Waals surface area contributed by atoms with Crippen molar-refractivity contribution in [3.63, 3.8) is 0 Å². The molecule has 128 valence electrons. The van der Waals surface area contributed by atoms with Crippen molar-refractivity contribution >= 4 is 33.4 Å². The summed E-state index contributed by atoms with van der Waals surface area (Å²) in [5.74, 6) is -0.383. The Morgan fingerprint density at radius 1 is 1.08 bits per heavy atom. The van der Waals surface area contributed by atoms with Gasteiger partial charge in [-0.25, -0.2) is 0 Å². The zero-order valence-corrected chi connectivity index (χ0v) is 15.2. The van der Waals surface area contributed by atoms with Gasteiger partial charge in [-0.2, -0.15) is 5.26 Å². The number of nitrogens with zero attached hydrogens (tertiary/aromatic N) is 1. The predicted octanol–water partition coefficient (Wildman–Crippen LogP) is 3.55. The van der Waals surface area contributed by atoms with Gasteiger partial charge in [0.1, 0.15) is 6.42 Å². The molecular formula is C19H18BrN3O2. The quantitative estimate of drug-likeness (QED) is 0.746. The van der Waals surface area contributed by atoms with Crippen molar-refractivity contribution in [2.24, 2.45) is 0 Å². The van der Waals surface area contributed by atoms with Crippen LogP contribution in [-0.2, 0) is 22.6 Å². The lowest BCUT2D eigenvalue weighted by Gasteiger charge is -2.09. The average Bonchev–Trinajstić information content (AvgIpc) is 2.60. The molecule has 0 saturated heterocycles. The van der Waals surface area contributed by atoms with Gasteiger partial charge in [-0.1, -0.05) is 46.3 Å². The fourth-order valence-corrected chi connectivity index (χ4v) is 2.75. The Balaban J connectivity index is 1.86. The van der Waals surface area contributed by atoms with Crippen LogP contribution in [0.5, 0.6) is 0 Å². The Kier molecular flexibility index (Phi) is 7.17. The molecule has 2 aromatic rings. The SMILES string of the molecule is N#CCC(=O)NCc1cccc(NC(=O)CCc2ccccc2Br)c1. The standard InChI is InChI=1S/C19H18BrN3O2/c20-17-7-2-1-5-15(17)8-9-19(25)23-16-6-3-4-14(12-16)13-22-18(24)10-11-21/h1-7,12H,8-10,13H2,(H,22,24)(H,23,25). The number of aryl methyl sites for hydroxylation is 1. The fraction of sp³-hybridized carbons (Fsp3) is 0.211. The first-order valence-corrected chi connectivity index (χ1v) is 8.63. The normalized spacial score (nSPS) is 9.92. The van der Waals surface area contributed by atoms with Gasteiger partial charge in [0.2, 0.25) is 11.8 Å². The largest absolute Gasteiger partial charge is 0.351 e. The van der Waals surface area contributed by atoms with Crippen LogP contribution in [0.15, 0.2) is 53.0 Å². The number of hydrogen-bond donors (Lipinski definition) is 2. The summed E-state index contributed by atoms with van der Waals surface area (Å²) in [4.78, 5) is 23.4. The summed E-state index contributed by atoms with van der Waals surface area (Å²) >= 11 is 3.48. The van der Waals surface area contributed by atoms with Crippen molar-refractivity contribution in [3.8, 4) is 6.07 Å². The molecule has 2 rings (SSSR count). The van der Waals surface area contributed by atoms with Gasteiger partial charge in [-0.05, 0) is 35.7 Å². The number of nitriles is 1. The Morgan fingerprint density at radius 2 is 1.88 bits per heavy atom. The summed E-state index contributed by atoms with van der Waals surface area (Å²) in [6, 6.07) is 16.9. The Hall–Kier alpha value is -2.65. The summed E-state index contributed by atoms with van der Waals surface area (Å²) < 4.78 is 0.998. The first-order valence-electron chi connectivity index (χ1n) is 7.84. The fourth-order valence-electron chi connectivity index (χ4n) is 2.27. The van der Waals surface area contributed by atoms with Crippen LogP contribution >= 0.6 is 15.9 Å². The molecule has 0 heterocycles. The van der Waals surface area contributed by atoms with E-state index in [1.807, 2.05) is 42.5 Å². The van der Waals surface area contributed by atoms with E-state index in [0.717, 1.165) is 15.6 Å². The molecule has 0 aromatic heterocycles. The van der Waals surface area contributed by atoms with E-state index in [4.69, 9.17) is 5.26 Å². The lowest BCUT2D eigenvalue weighted by atomic mass is 10.1. The second-order valence-electron chi connectivity index (χ2n) is 5.45. The predicted molar refractivity (Wildman–Crippen MR) is 99.6 cm³/mol. The molecule has 2 amide bonds. The van der Waals surface area contributed by atoms with Crippen molar-refractivity contribution < 1.29 is 9.59 Å². The molecule has 0 aliphatic heterocycles. The van der Waals surface area contributed by atoms with Crippen molar-refractivity contribution in [1.29, 1.82) is 5.26 Å². The Bertz CT molecular complexity index is 799. The third-order valence-corrected chi connectivity index (χ3v) is 4.29. The number of hydrogen-bond acceptors (Lipinski definition) is 3. The van der Waals surface area contributed by atoms with Crippen molar-refractivity contribution in [1.82, 2.24) is 5.32 Å². The molecule has 0 unspecified atom stereocenters. The molecule has 6 heteroatoms. The van der Waals surface area contributed by atoms with Crippen molar-refractivity contribution in [2.45, 2.75) is 25.8 Å². The van der Waals surface area contributed by atoms with Crippen LogP contribution in [0.4, 0.5) is 5.69 Å². The highest BCUT2D eigenvalue weighted by molar-refractivity contribution is 9.10. The summed E-state index contributed by atoms with van der Waals surface area (Å²) in [7, 11) is 0. The highest BCUT2D eigenvalue weighted by Crippen LogP contribution is 2.18. The minimum atomic E-state index is -0.314. The third kappa shape index (κ3) is 6.40. The number of benzene rings is 2. The molecule has 0 bridgehead atoms. The van der Waals surface area contributed by atoms with Gasteiger partial charge in [0.05, 0.1) is 6.07 Å². The molecule has 0 atom stereocenters. The summed E-state index contributed by atoms with van der Waals surface area (Å²) in [6.07, 6.45) is 0.869. The molecule has 5 nitrogen and oxygen atoms in total. The van der Waals surface area contributed by atoms with Crippen LogP contribution in [0.25, 0.3) is 0 Å². The maximum atomic E-state index is 12.1. The Labute approximate surface area is 155 Å². The second kappa shape index (κ2) is 9.60. The van der Waals surface area contributed by atoms with Gasteiger partial charge in [0.25, 0.3) is 0 Å².